The van der Waals surface area contributed by atoms with Crippen LogP contribution in [-0.2, 0) is 4.79 Å². The minimum absolute atomic E-state index is 0.101. The van der Waals surface area contributed by atoms with Gasteiger partial charge in [0.25, 0.3) is 0 Å². The molecule has 1 atom stereocenters. The Morgan fingerprint density at radius 3 is 2.26 bits per heavy atom. The second kappa shape index (κ2) is 6.17. The molecule has 0 saturated carbocycles. The molecule has 0 aliphatic rings. The Hall–Kier alpha value is -2.11. The Balaban J connectivity index is 3.13. The van der Waals surface area contributed by atoms with E-state index in [4.69, 9.17) is 5.11 Å². The van der Waals surface area contributed by atoms with Crippen molar-refractivity contribution in [2.75, 3.05) is 0 Å². The van der Waals surface area contributed by atoms with Crippen molar-refractivity contribution in [2.45, 2.75) is 38.5 Å². The summed E-state index contributed by atoms with van der Waals surface area (Å²) in [5.74, 6) is -5.33. The van der Waals surface area contributed by atoms with Crippen LogP contribution in [0.25, 0.3) is 0 Å². The summed E-state index contributed by atoms with van der Waals surface area (Å²) in [6, 6.07) is 0.967. The van der Waals surface area contributed by atoms with E-state index in [1.165, 1.54) is 0 Å². The standard InChI is InChI=1S/C13H18O6/c1-2-3-4-5-7(13(18)19)8-6-9(14)11(16)12(17)10(8)15/h6-7,14-17H,2-5H2,1H3,(H,18,19). The van der Waals surface area contributed by atoms with Crippen LogP contribution >= 0.6 is 0 Å². The zero-order chi connectivity index (χ0) is 14.6. The number of carbonyl (C=O) groups is 1. The summed E-state index contributed by atoms with van der Waals surface area (Å²) in [5.41, 5.74) is -0.101. The van der Waals surface area contributed by atoms with Crippen LogP contribution in [0.2, 0.25) is 0 Å². The normalized spacial score (nSPS) is 12.3. The van der Waals surface area contributed by atoms with Gasteiger partial charge in [-0.25, -0.2) is 0 Å². The number of benzene rings is 1. The molecule has 0 aliphatic carbocycles. The van der Waals surface area contributed by atoms with Crippen LogP contribution in [0.1, 0.15) is 44.1 Å². The molecule has 0 saturated heterocycles. The lowest BCUT2D eigenvalue weighted by Crippen LogP contribution is -2.12. The third kappa shape index (κ3) is 3.21. The van der Waals surface area contributed by atoms with Gasteiger partial charge in [-0.3, -0.25) is 4.79 Å². The molecule has 1 unspecified atom stereocenters. The molecule has 5 N–H and O–H groups in total. The molecule has 0 bridgehead atoms. The first-order chi connectivity index (χ1) is 8.90. The van der Waals surface area contributed by atoms with Crippen LogP contribution in [-0.4, -0.2) is 31.5 Å². The smallest absolute Gasteiger partial charge is 0.311 e. The first kappa shape index (κ1) is 14.9. The predicted molar refractivity (Wildman–Crippen MR) is 67.6 cm³/mol. The molecule has 1 aromatic carbocycles. The second-order valence-electron chi connectivity index (χ2n) is 4.42. The van der Waals surface area contributed by atoms with Crippen LogP contribution in [0.3, 0.4) is 0 Å². The second-order valence-corrected chi connectivity index (χ2v) is 4.42. The predicted octanol–water partition coefficient (Wildman–Crippen LogP) is 2.26. The SMILES string of the molecule is CCCCCC(C(=O)O)c1cc(O)c(O)c(O)c1O. The number of unbranched alkanes of at least 4 members (excludes halogenated alkanes) is 2. The third-order valence-electron chi connectivity index (χ3n) is 3.03. The number of phenols is 4. The fourth-order valence-electron chi connectivity index (χ4n) is 1.93. The van der Waals surface area contributed by atoms with E-state index in [-0.39, 0.29) is 12.0 Å². The quantitative estimate of drug-likeness (QED) is 0.307. The van der Waals surface area contributed by atoms with Crippen molar-refractivity contribution in [3.05, 3.63) is 11.6 Å². The Morgan fingerprint density at radius 2 is 1.74 bits per heavy atom. The van der Waals surface area contributed by atoms with Gasteiger partial charge in [-0.1, -0.05) is 26.2 Å². The molecule has 106 valence electrons. The van der Waals surface area contributed by atoms with E-state index in [1.54, 1.807) is 0 Å². The summed E-state index contributed by atoms with van der Waals surface area (Å²) in [6.45, 7) is 1.98. The zero-order valence-corrected chi connectivity index (χ0v) is 10.6. The van der Waals surface area contributed by atoms with Crippen molar-refractivity contribution in [2.24, 2.45) is 0 Å². The van der Waals surface area contributed by atoms with Crippen LogP contribution in [0.5, 0.6) is 23.0 Å². The molecule has 6 heteroatoms. The average Bonchev–Trinajstić information content (AvgIpc) is 2.37. The van der Waals surface area contributed by atoms with E-state index in [0.717, 1.165) is 18.9 Å². The average molecular weight is 270 g/mol. The Kier molecular flexibility index (Phi) is 4.86. The van der Waals surface area contributed by atoms with Gasteiger partial charge < -0.3 is 25.5 Å². The van der Waals surface area contributed by atoms with Crippen molar-refractivity contribution in [1.82, 2.24) is 0 Å². The largest absolute Gasteiger partial charge is 0.504 e. The van der Waals surface area contributed by atoms with Gasteiger partial charge in [0, 0.05) is 5.56 Å². The zero-order valence-electron chi connectivity index (χ0n) is 10.6. The molecule has 1 rings (SSSR count). The summed E-state index contributed by atoms with van der Waals surface area (Å²) in [5, 5.41) is 46.9. The summed E-state index contributed by atoms with van der Waals surface area (Å²) in [6.07, 6.45) is 2.70. The lowest BCUT2D eigenvalue weighted by Gasteiger charge is -2.16. The lowest BCUT2D eigenvalue weighted by atomic mass is 9.92. The molecule has 0 aromatic heterocycles. The number of hydrogen-bond acceptors (Lipinski definition) is 5. The van der Waals surface area contributed by atoms with Gasteiger partial charge in [0.15, 0.2) is 11.5 Å². The number of carboxylic acid groups (broad SMARTS) is 1. The van der Waals surface area contributed by atoms with Gasteiger partial charge in [0.1, 0.15) is 0 Å². The maximum atomic E-state index is 11.2. The Labute approximate surface area is 110 Å². The summed E-state index contributed by atoms with van der Waals surface area (Å²) in [4.78, 5) is 11.2. The third-order valence-corrected chi connectivity index (χ3v) is 3.03. The number of phenolic OH excluding ortho intramolecular Hbond substituents is 4. The monoisotopic (exact) mass is 270 g/mol. The highest BCUT2D eigenvalue weighted by atomic mass is 16.4. The minimum Gasteiger partial charge on any atom is -0.504 e. The van der Waals surface area contributed by atoms with Gasteiger partial charge in [0.2, 0.25) is 11.5 Å². The van der Waals surface area contributed by atoms with Crippen LogP contribution in [0.15, 0.2) is 6.07 Å². The van der Waals surface area contributed by atoms with Crippen molar-refractivity contribution in [3.63, 3.8) is 0 Å². The molecule has 0 heterocycles. The van der Waals surface area contributed by atoms with Gasteiger partial charge in [-0.15, -0.1) is 0 Å². The maximum absolute atomic E-state index is 11.2. The first-order valence-electron chi connectivity index (χ1n) is 6.09. The lowest BCUT2D eigenvalue weighted by molar-refractivity contribution is -0.139. The summed E-state index contributed by atoms with van der Waals surface area (Å²) >= 11 is 0. The van der Waals surface area contributed by atoms with Gasteiger partial charge in [-0.2, -0.15) is 0 Å². The van der Waals surface area contributed by atoms with Crippen LogP contribution in [0, 0.1) is 0 Å². The van der Waals surface area contributed by atoms with Gasteiger partial charge >= 0.3 is 5.97 Å². The highest BCUT2D eigenvalue weighted by molar-refractivity contribution is 5.79. The van der Waals surface area contributed by atoms with E-state index in [2.05, 4.69) is 0 Å². The van der Waals surface area contributed by atoms with Crippen LogP contribution in [0.4, 0.5) is 0 Å². The first-order valence-corrected chi connectivity index (χ1v) is 6.09. The molecule has 1 aromatic rings. The molecule has 0 radical (unpaired) electrons. The molecular formula is C13H18O6. The molecule has 0 fully saturated rings. The van der Waals surface area contributed by atoms with E-state index in [0.29, 0.717) is 6.42 Å². The van der Waals surface area contributed by atoms with Crippen molar-refractivity contribution < 1.29 is 30.3 Å². The van der Waals surface area contributed by atoms with Gasteiger partial charge in [0.05, 0.1) is 5.92 Å². The van der Waals surface area contributed by atoms with Crippen molar-refractivity contribution in [1.29, 1.82) is 0 Å². The number of aliphatic carboxylic acids is 1. The Morgan fingerprint density at radius 1 is 1.11 bits per heavy atom. The molecular weight excluding hydrogens is 252 g/mol. The van der Waals surface area contributed by atoms with E-state index in [1.807, 2.05) is 6.92 Å². The molecule has 6 nitrogen and oxygen atoms in total. The molecule has 19 heavy (non-hydrogen) atoms. The van der Waals surface area contributed by atoms with Crippen molar-refractivity contribution >= 4 is 5.97 Å². The summed E-state index contributed by atoms with van der Waals surface area (Å²) in [7, 11) is 0. The molecule has 0 amide bonds. The van der Waals surface area contributed by atoms with Crippen molar-refractivity contribution in [3.8, 4) is 23.0 Å². The molecule has 0 aliphatic heterocycles. The minimum atomic E-state index is -1.16. The van der Waals surface area contributed by atoms with E-state index in [9.17, 15) is 25.2 Å². The number of hydrogen-bond donors (Lipinski definition) is 5. The van der Waals surface area contributed by atoms with E-state index < -0.39 is 34.9 Å². The molecule has 0 spiro atoms. The summed E-state index contributed by atoms with van der Waals surface area (Å²) < 4.78 is 0. The number of rotatable bonds is 6. The fourth-order valence-corrected chi connectivity index (χ4v) is 1.93. The van der Waals surface area contributed by atoms with Crippen LogP contribution < -0.4 is 0 Å². The number of carboxylic acids is 1. The Bertz CT molecular complexity index is 469. The number of aromatic hydroxyl groups is 4. The maximum Gasteiger partial charge on any atom is 0.311 e. The van der Waals surface area contributed by atoms with Gasteiger partial charge in [-0.05, 0) is 12.5 Å². The highest BCUT2D eigenvalue weighted by Crippen LogP contribution is 2.47. The van der Waals surface area contributed by atoms with E-state index >= 15 is 0 Å². The highest BCUT2D eigenvalue weighted by Gasteiger charge is 2.27. The fraction of sp³-hybridized carbons (Fsp3) is 0.462. The topological polar surface area (TPSA) is 118 Å².